The first-order chi connectivity index (χ1) is 10.7. The van der Waals surface area contributed by atoms with Crippen LogP contribution in [0.15, 0.2) is 60.7 Å². The third-order valence-corrected chi connectivity index (χ3v) is 3.38. The molecule has 3 N–H and O–H groups in total. The van der Waals surface area contributed by atoms with Gasteiger partial charge < -0.3 is 11.1 Å². The Labute approximate surface area is 128 Å². The van der Waals surface area contributed by atoms with Crippen LogP contribution in [0.3, 0.4) is 0 Å². The minimum Gasteiger partial charge on any atom is -0.383 e. The van der Waals surface area contributed by atoms with Crippen LogP contribution in [-0.2, 0) is 0 Å². The van der Waals surface area contributed by atoms with E-state index in [1.54, 1.807) is 0 Å². The van der Waals surface area contributed by atoms with Crippen LogP contribution >= 0.6 is 0 Å². The van der Waals surface area contributed by atoms with Crippen molar-refractivity contribution >= 4 is 17.5 Å². The molecule has 3 rings (SSSR count). The minimum atomic E-state index is -0.381. The van der Waals surface area contributed by atoms with Gasteiger partial charge in [-0.25, -0.2) is 4.79 Å². The molecule has 3 aromatic rings. The Balaban J connectivity index is 1.94. The topological polar surface area (TPSA) is 72.9 Å². The Morgan fingerprint density at radius 1 is 1.05 bits per heavy atom. The third kappa shape index (κ3) is 2.56. The first-order valence-electron chi connectivity index (χ1n) is 6.93. The van der Waals surface area contributed by atoms with Gasteiger partial charge in [0.25, 0.3) is 0 Å². The summed E-state index contributed by atoms with van der Waals surface area (Å²) < 4.78 is 1.20. The van der Waals surface area contributed by atoms with Crippen LogP contribution in [0.4, 0.5) is 16.3 Å². The van der Waals surface area contributed by atoms with Crippen LogP contribution in [0, 0.1) is 6.92 Å². The van der Waals surface area contributed by atoms with E-state index in [9.17, 15) is 4.79 Å². The molecule has 0 unspecified atom stereocenters. The number of carbonyl (C=O) groups excluding carboxylic acids is 1. The fourth-order valence-electron chi connectivity index (χ4n) is 2.36. The second-order valence-electron chi connectivity index (χ2n) is 4.92. The largest absolute Gasteiger partial charge is 0.383 e. The van der Waals surface area contributed by atoms with E-state index >= 15 is 0 Å². The van der Waals surface area contributed by atoms with Gasteiger partial charge in [0.05, 0.1) is 5.69 Å². The fraction of sp³-hybridized carbons (Fsp3) is 0.0588. The van der Waals surface area contributed by atoms with Crippen LogP contribution < -0.4 is 11.1 Å². The highest BCUT2D eigenvalue weighted by Gasteiger charge is 2.18. The maximum Gasteiger partial charge on any atom is 0.348 e. The van der Waals surface area contributed by atoms with E-state index in [0.717, 1.165) is 11.1 Å². The van der Waals surface area contributed by atoms with E-state index in [0.29, 0.717) is 17.2 Å². The van der Waals surface area contributed by atoms with Crippen molar-refractivity contribution in [2.24, 2.45) is 0 Å². The van der Waals surface area contributed by atoms with Gasteiger partial charge in [0.15, 0.2) is 0 Å². The van der Waals surface area contributed by atoms with Crippen molar-refractivity contribution in [2.45, 2.75) is 6.92 Å². The highest BCUT2D eigenvalue weighted by atomic mass is 16.2. The number of aryl methyl sites for hydroxylation is 1. The Kier molecular flexibility index (Phi) is 3.62. The zero-order valence-electron chi connectivity index (χ0n) is 12.2. The summed E-state index contributed by atoms with van der Waals surface area (Å²) >= 11 is 0. The normalized spacial score (nSPS) is 10.4. The molecule has 0 atom stereocenters. The zero-order chi connectivity index (χ0) is 15.5. The summed E-state index contributed by atoms with van der Waals surface area (Å²) in [5.74, 6) is 0.331. The highest BCUT2D eigenvalue weighted by Crippen LogP contribution is 2.29. The molecule has 0 saturated heterocycles. The van der Waals surface area contributed by atoms with Gasteiger partial charge in [0.1, 0.15) is 5.82 Å². The number of anilines is 2. The van der Waals surface area contributed by atoms with E-state index in [1.165, 1.54) is 4.68 Å². The smallest absolute Gasteiger partial charge is 0.348 e. The van der Waals surface area contributed by atoms with Gasteiger partial charge in [0.2, 0.25) is 0 Å². The molecule has 0 bridgehead atoms. The number of amides is 1. The van der Waals surface area contributed by atoms with E-state index in [-0.39, 0.29) is 6.03 Å². The number of para-hydroxylation sites is 1. The zero-order valence-corrected chi connectivity index (χ0v) is 12.2. The Hall–Kier alpha value is -3.08. The summed E-state index contributed by atoms with van der Waals surface area (Å²) in [4.78, 5) is 12.3. The van der Waals surface area contributed by atoms with Crippen LogP contribution in [-0.4, -0.2) is 15.8 Å². The molecule has 1 amide bonds. The third-order valence-electron chi connectivity index (χ3n) is 3.38. The molecule has 0 aliphatic heterocycles. The molecule has 1 aromatic heterocycles. The Bertz CT molecular complexity index is 794. The van der Waals surface area contributed by atoms with Gasteiger partial charge in [0, 0.05) is 11.3 Å². The number of hydrogen-bond acceptors (Lipinski definition) is 3. The van der Waals surface area contributed by atoms with Crippen LogP contribution in [0.1, 0.15) is 5.69 Å². The van der Waals surface area contributed by atoms with Gasteiger partial charge in [-0.3, -0.25) is 0 Å². The molecule has 0 spiro atoms. The van der Waals surface area contributed by atoms with Gasteiger partial charge in [-0.2, -0.15) is 9.78 Å². The molecule has 0 fully saturated rings. The van der Waals surface area contributed by atoms with Crippen LogP contribution in [0.25, 0.3) is 11.1 Å². The molecule has 0 aliphatic carbocycles. The van der Waals surface area contributed by atoms with Crippen molar-refractivity contribution in [3.8, 4) is 11.1 Å². The first-order valence-corrected chi connectivity index (χ1v) is 6.93. The molecular formula is C17H16N4O. The maximum absolute atomic E-state index is 12.3. The number of benzene rings is 2. The lowest BCUT2D eigenvalue weighted by Crippen LogP contribution is -2.22. The lowest BCUT2D eigenvalue weighted by molar-refractivity contribution is 0.251. The van der Waals surface area contributed by atoms with Crippen molar-refractivity contribution in [2.75, 3.05) is 11.1 Å². The number of nitrogens with zero attached hydrogens (tertiary/aromatic N) is 2. The minimum absolute atomic E-state index is 0.331. The van der Waals surface area contributed by atoms with Crippen LogP contribution in [0.5, 0.6) is 0 Å². The number of hydrogen-bond donors (Lipinski definition) is 2. The SMILES string of the molecule is Cc1nn(C(=O)Nc2ccccc2)c(N)c1-c1ccccc1. The summed E-state index contributed by atoms with van der Waals surface area (Å²) in [7, 11) is 0. The van der Waals surface area contributed by atoms with E-state index in [1.807, 2.05) is 67.6 Å². The number of nitrogens with two attached hydrogens (primary N) is 1. The number of rotatable bonds is 2. The molecule has 110 valence electrons. The molecule has 5 nitrogen and oxygen atoms in total. The number of nitrogens with one attached hydrogen (secondary N) is 1. The van der Waals surface area contributed by atoms with Gasteiger partial charge in [-0.15, -0.1) is 0 Å². The number of aromatic nitrogens is 2. The number of carbonyl (C=O) groups is 1. The average Bonchev–Trinajstić information content (AvgIpc) is 2.84. The molecule has 22 heavy (non-hydrogen) atoms. The van der Waals surface area contributed by atoms with E-state index in [2.05, 4.69) is 10.4 Å². The van der Waals surface area contributed by atoms with E-state index in [4.69, 9.17) is 5.73 Å². The lowest BCUT2D eigenvalue weighted by atomic mass is 10.1. The average molecular weight is 292 g/mol. The fourth-order valence-corrected chi connectivity index (χ4v) is 2.36. The molecule has 2 aromatic carbocycles. The molecular weight excluding hydrogens is 276 g/mol. The van der Waals surface area contributed by atoms with Crippen molar-refractivity contribution in [1.29, 1.82) is 0 Å². The van der Waals surface area contributed by atoms with E-state index < -0.39 is 0 Å². The first kappa shape index (κ1) is 13.9. The molecule has 0 aliphatic rings. The van der Waals surface area contributed by atoms with Crippen molar-refractivity contribution < 1.29 is 4.79 Å². The van der Waals surface area contributed by atoms with Crippen molar-refractivity contribution in [1.82, 2.24) is 9.78 Å². The van der Waals surface area contributed by atoms with Gasteiger partial charge >= 0.3 is 6.03 Å². The molecule has 5 heteroatoms. The number of nitrogen functional groups attached to an aromatic ring is 1. The molecule has 1 heterocycles. The predicted molar refractivity (Wildman–Crippen MR) is 87.7 cm³/mol. The summed E-state index contributed by atoms with van der Waals surface area (Å²) in [6.45, 7) is 1.84. The summed E-state index contributed by atoms with van der Waals surface area (Å²) in [6.07, 6.45) is 0. The summed E-state index contributed by atoms with van der Waals surface area (Å²) in [5, 5.41) is 7.03. The Morgan fingerprint density at radius 3 is 2.27 bits per heavy atom. The second kappa shape index (κ2) is 5.73. The van der Waals surface area contributed by atoms with Gasteiger partial charge in [-0.05, 0) is 24.6 Å². The lowest BCUT2D eigenvalue weighted by Gasteiger charge is -2.06. The standard InChI is InChI=1S/C17H16N4O/c1-12-15(13-8-4-2-5-9-13)16(18)21(20-12)17(22)19-14-10-6-3-7-11-14/h2-11H,18H2,1H3,(H,19,22). The maximum atomic E-state index is 12.3. The van der Waals surface area contributed by atoms with Crippen LogP contribution in [0.2, 0.25) is 0 Å². The van der Waals surface area contributed by atoms with Gasteiger partial charge in [-0.1, -0.05) is 48.5 Å². The monoisotopic (exact) mass is 292 g/mol. The molecule has 0 radical (unpaired) electrons. The summed E-state index contributed by atoms with van der Waals surface area (Å²) in [5.41, 5.74) is 9.26. The highest BCUT2D eigenvalue weighted by molar-refractivity contribution is 5.94. The molecule has 0 saturated carbocycles. The van der Waals surface area contributed by atoms with Crippen molar-refractivity contribution in [3.63, 3.8) is 0 Å². The summed E-state index contributed by atoms with van der Waals surface area (Å²) in [6, 6.07) is 18.5. The predicted octanol–water partition coefficient (Wildman–Crippen LogP) is 3.52. The quantitative estimate of drug-likeness (QED) is 0.759. The Morgan fingerprint density at radius 2 is 1.64 bits per heavy atom. The second-order valence-corrected chi connectivity index (χ2v) is 4.92. The van der Waals surface area contributed by atoms with Crippen molar-refractivity contribution in [3.05, 3.63) is 66.4 Å².